The van der Waals surface area contributed by atoms with Crippen molar-refractivity contribution in [1.82, 2.24) is 10.3 Å². The van der Waals surface area contributed by atoms with E-state index < -0.39 is 0 Å². The van der Waals surface area contributed by atoms with Gasteiger partial charge in [0, 0.05) is 18.4 Å². The number of halogens is 2. The highest BCUT2D eigenvalue weighted by Crippen LogP contribution is 2.27. The van der Waals surface area contributed by atoms with Crippen LogP contribution in [0.3, 0.4) is 0 Å². The van der Waals surface area contributed by atoms with Crippen molar-refractivity contribution in [2.75, 3.05) is 6.54 Å². The second kappa shape index (κ2) is 7.53. The Morgan fingerprint density at radius 1 is 1.24 bits per heavy atom. The smallest absolute Gasteiger partial charge is 0.142 e. The zero-order valence-electron chi connectivity index (χ0n) is 12.4. The van der Waals surface area contributed by atoms with Crippen LogP contribution in [0.25, 0.3) is 0 Å². The van der Waals surface area contributed by atoms with Crippen LogP contribution in [-0.2, 0) is 12.8 Å². The monoisotopic (exact) mass is 306 g/mol. The number of aryl methyl sites for hydroxylation is 1. The number of nitrogens with zero attached hydrogens (tertiary/aromatic N) is 1. The molecule has 0 saturated carbocycles. The number of hydrogen-bond acceptors (Lipinski definition) is 2. The largest absolute Gasteiger partial charge is 0.310 e. The van der Waals surface area contributed by atoms with E-state index in [9.17, 15) is 4.39 Å². The molecule has 21 heavy (non-hydrogen) atoms. The first-order valence-corrected chi connectivity index (χ1v) is 7.64. The first kappa shape index (κ1) is 15.9. The van der Waals surface area contributed by atoms with Gasteiger partial charge in [0.05, 0.1) is 5.02 Å². The number of hydrogen-bond donors (Lipinski definition) is 1. The van der Waals surface area contributed by atoms with Gasteiger partial charge >= 0.3 is 0 Å². The lowest BCUT2D eigenvalue weighted by atomic mass is 9.95. The van der Waals surface area contributed by atoms with Gasteiger partial charge in [0.15, 0.2) is 0 Å². The van der Waals surface area contributed by atoms with Crippen molar-refractivity contribution in [3.05, 3.63) is 64.2 Å². The molecule has 1 aromatic heterocycles. The minimum atomic E-state index is -0.366. The summed E-state index contributed by atoms with van der Waals surface area (Å²) in [6.07, 6.45) is 5.27. The lowest BCUT2D eigenvalue weighted by Crippen LogP contribution is -2.24. The van der Waals surface area contributed by atoms with E-state index in [4.69, 9.17) is 11.6 Å². The highest BCUT2D eigenvalue weighted by atomic mass is 35.5. The average molecular weight is 307 g/mol. The summed E-state index contributed by atoms with van der Waals surface area (Å²) in [6, 6.07) is 7.10. The molecule has 0 aliphatic carbocycles. The third-order valence-corrected chi connectivity index (χ3v) is 4.03. The number of aromatic nitrogens is 1. The predicted octanol–water partition coefficient (Wildman–Crippen LogP) is 4.33. The van der Waals surface area contributed by atoms with Crippen LogP contribution in [-0.4, -0.2) is 11.5 Å². The molecule has 4 heteroatoms. The van der Waals surface area contributed by atoms with Gasteiger partial charge in [0.1, 0.15) is 5.82 Å². The Morgan fingerprint density at radius 2 is 2.05 bits per heavy atom. The molecule has 112 valence electrons. The fourth-order valence-corrected chi connectivity index (χ4v) is 2.74. The highest BCUT2D eigenvalue weighted by molar-refractivity contribution is 6.31. The molecule has 2 aromatic rings. The second-order valence-electron chi connectivity index (χ2n) is 4.96. The van der Waals surface area contributed by atoms with E-state index in [0.717, 1.165) is 18.5 Å². The van der Waals surface area contributed by atoms with Crippen molar-refractivity contribution in [2.24, 2.45) is 0 Å². The number of likely N-dealkylation sites (N-methyl/N-ethyl adjacent to an activating group) is 1. The van der Waals surface area contributed by atoms with Crippen molar-refractivity contribution >= 4 is 11.6 Å². The fourth-order valence-electron chi connectivity index (χ4n) is 2.54. The van der Waals surface area contributed by atoms with Crippen LogP contribution in [0.2, 0.25) is 5.02 Å². The summed E-state index contributed by atoms with van der Waals surface area (Å²) in [5.41, 5.74) is 3.23. The van der Waals surface area contributed by atoms with Gasteiger partial charge in [0.25, 0.3) is 0 Å². The van der Waals surface area contributed by atoms with Gasteiger partial charge in [-0.05, 0) is 48.2 Å². The maximum Gasteiger partial charge on any atom is 0.142 e. The minimum absolute atomic E-state index is 0.104. The molecule has 0 aliphatic heterocycles. The number of benzene rings is 1. The molecule has 0 amide bonds. The molecular weight excluding hydrogens is 287 g/mol. The number of pyridine rings is 1. The lowest BCUT2D eigenvalue weighted by Gasteiger charge is -2.21. The molecule has 0 fully saturated rings. The Labute approximate surface area is 130 Å². The lowest BCUT2D eigenvalue weighted by molar-refractivity contribution is 0.542. The first-order valence-electron chi connectivity index (χ1n) is 7.26. The summed E-state index contributed by atoms with van der Waals surface area (Å²) in [4.78, 5) is 4.18. The van der Waals surface area contributed by atoms with Crippen LogP contribution in [0, 0.1) is 5.82 Å². The van der Waals surface area contributed by atoms with E-state index in [1.165, 1.54) is 17.2 Å². The summed E-state index contributed by atoms with van der Waals surface area (Å²) in [5, 5.41) is 3.68. The summed E-state index contributed by atoms with van der Waals surface area (Å²) in [5.74, 6) is -0.366. The van der Waals surface area contributed by atoms with E-state index in [1.807, 2.05) is 18.3 Å². The topological polar surface area (TPSA) is 24.9 Å². The standard InChI is InChI=1S/C17H20ClFN2/c1-3-12-11-20-9-8-14(12)16(21-4-2)10-13-6-5-7-15(19)17(13)18/h5-9,11,16,21H,3-4,10H2,1-2H3. The molecule has 0 spiro atoms. The first-order chi connectivity index (χ1) is 10.2. The molecule has 0 bridgehead atoms. The van der Waals surface area contributed by atoms with E-state index in [2.05, 4.69) is 24.1 Å². The molecular formula is C17H20ClFN2. The molecule has 0 saturated heterocycles. The van der Waals surface area contributed by atoms with Crippen LogP contribution >= 0.6 is 11.6 Å². The SMILES string of the molecule is CCNC(Cc1cccc(F)c1Cl)c1ccncc1CC. The summed E-state index contributed by atoms with van der Waals surface area (Å²) in [7, 11) is 0. The molecule has 0 aliphatic rings. The van der Waals surface area contributed by atoms with Crippen molar-refractivity contribution in [3.8, 4) is 0 Å². The van der Waals surface area contributed by atoms with Gasteiger partial charge in [-0.25, -0.2) is 4.39 Å². The molecule has 1 N–H and O–H groups in total. The van der Waals surface area contributed by atoms with E-state index >= 15 is 0 Å². The Kier molecular flexibility index (Phi) is 5.71. The van der Waals surface area contributed by atoms with Crippen molar-refractivity contribution in [2.45, 2.75) is 32.7 Å². The van der Waals surface area contributed by atoms with Gasteiger partial charge in [-0.15, -0.1) is 0 Å². The average Bonchev–Trinajstić information content (AvgIpc) is 2.51. The molecule has 0 radical (unpaired) electrons. The molecule has 1 atom stereocenters. The Bertz CT molecular complexity index is 601. The van der Waals surface area contributed by atoms with Gasteiger partial charge in [-0.2, -0.15) is 0 Å². The summed E-state index contributed by atoms with van der Waals surface area (Å²) >= 11 is 6.08. The van der Waals surface area contributed by atoms with Crippen LogP contribution in [0.15, 0.2) is 36.7 Å². The molecule has 1 aromatic carbocycles. The normalized spacial score (nSPS) is 12.4. The van der Waals surface area contributed by atoms with E-state index in [-0.39, 0.29) is 16.9 Å². The highest BCUT2D eigenvalue weighted by Gasteiger charge is 2.17. The third-order valence-electron chi connectivity index (χ3n) is 3.60. The summed E-state index contributed by atoms with van der Waals surface area (Å²) < 4.78 is 13.6. The second-order valence-corrected chi connectivity index (χ2v) is 5.33. The maximum absolute atomic E-state index is 13.6. The Balaban J connectivity index is 2.33. The van der Waals surface area contributed by atoms with E-state index in [0.29, 0.717) is 6.42 Å². The van der Waals surface area contributed by atoms with Gasteiger partial charge in [0.2, 0.25) is 0 Å². The number of nitrogens with one attached hydrogen (secondary N) is 1. The van der Waals surface area contributed by atoms with Crippen LogP contribution in [0.5, 0.6) is 0 Å². The van der Waals surface area contributed by atoms with Crippen molar-refractivity contribution in [1.29, 1.82) is 0 Å². The Morgan fingerprint density at radius 3 is 2.76 bits per heavy atom. The molecule has 2 rings (SSSR count). The van der Waals surface area contributed by atoms with Crippen molar-refractivity contribution < 1.29 is 4.39 Å². The zero-order chi connectivity index (χ0) is 15.2. The molecule has 2 nitrogen and oxygen atoms in total. The summed E-state index contributed by atoms with van der Waals surface area (Å²) in [6.45, 7) is 5.01. The van der Waals surface area contributed by atoms with Gasteiger partial charge in [-0.1, -0.05) is 37.6 Å². The van der Waals surface area contributed by atoms with E-state index in [1.54, 1.807) is 12.3 Å². The maximum atomic E-state index is 13.6. The van der Waals surface area contributed by atoms with Gasteiger partial charge in [-0.3, -0.25) is 4.98 Å². The van der Waals surface area contributed by atoms with Crippen LogP contribution in [0.4, 0.5) is 4.39 Å². The third kappa shape index (κ3) is 3.80. The van der Waals surface area contributed by atoms with Crippen LogP contribution in [0.1, 0.15) is 36.6 Å². The zero-order valence-corrected chi connectivity index (χ0v) is 13.1. The molecule has 1 heterocycles. The number of rotatable bonds is 6. The minimum Gasteiger partial charge on any atom is -0.310 e. The molecule has 1 unspecified atom stereocenters. The Hall–Kier alpha value is -1.45. The van der Waals surface area contributed by atoms with Crippen molar-refractivity contribution in [3.63, 3.8) is 0 Å². The predicted molar refractivity (Wildman–Crippen MR) is 85.1 cm³/mol. The van der Waals surface area contributed by atoms with Crippen LogP contribution < -0.4 is 5.32 Å². The fraction of sp³-hybridized carbons (Fsp3) is 0.353. The van der Waals surface area contributed by atoms with Gasteiger partial charge < -0.3 is 5.32 Å². The quantitative estimate of drug-likeness (QED) is 0.859.